The summed E-state index contributed by atoms with van der Waals surface area (Å²) in [5.74, 6) is 0.258. The molecule has 6 nitrogen and oxygen atoms in total. The Morgan fingerprint density at radius 3 is 2.43 bits per heavy atom. The minimum absolute atomic E-state index is 0.0202. The number of likely N-dealkylation sites (tertiary alicyclic amines) is 1. The molecule has 1 fully saturated rings. The molecule has 1 aliphatic heterocycles. The van der Waals surface area contributed by atoms with Gasteiger partial charge in [0.1, 0.15) is 5.75 Å². The van der Waals surface area contributed by atoms with Gasteiger partial charge in [0, 0.05) is 18.7 Å². The van der Waals surface area contributed by atoms with Crippen molar-refractivity contribution >= 4 is 50.8 Å². The molecule has 0 unspecified atom stereocenters. The highest BCUT2D eigenvalue weighted by molar-refractivity contribution is 9.10. The van der Waals surface area contributed by atoms with Crippen molar-refractivity contribution in [2.24, 2.45) is 0 Å². The smallest absolute Gasteiger partial charge is 0.257 e. The Balaban J connectivity index is 1.69. The number of benzene rings is 2. The number of carbonyl (C=O) groups is 2. The molecule has 2 aromatic rings. The molecule has 1 heterocycles. The Bertz CT molecular complexity index is 943. The van der Waals surface area contributed by atoms with Gasteiger partial charge >= 0.3 is 0 Å². The summed E-state index contributed by atoms with van der Waals surface area (Å²) in [4.78, 5) is 27.5. The van der Waals surface area contributed by atoms with E-state index in [9.17, 15) is 9.59 Å². The fraction of sp³-hybridized carbons (Fsp3) is 0.318. The molecule has 0 radical (unpaired) electrons. The lowest BCUT2D eigenvalue weighted by atomic mass is 10.1. The average molecular weight is 490 g/mol. The van der Waals surface area contributed by atoms with Gasteiger partial charge in [-0.25, -0.2) is 0 Å². The third kappa shape index (κ3) is 5.58. The molecule has 0 aliphatic carbocycles. The number of halogens is 1. The molecule has 2 amide bonds. The Morgan fingerprint density at radius 2 is 1.77 bits per heavy atom. The molecule has 0 aromatic heterocycles. The van der Waals surface area contributed by atoms with Crippen LogP contribution in [0.4, 0.5) is 5.69 Å². The Morgan fingerprint density at radius 1 is 1.07 bits per heavy atom. The van der Waals surface area contributed by atoms with Crippen LogP contribution in [0.1, 0.15) is 46.4 Å². The van der Waals surface area contributed by atoms with Crippen LogP contribution in [0, 0.1) is 0 Å². The molecule has 1 saturated heterocycles. The molecule has 30 heavy (non-hydrogen) atoms. The number of hydrogen-bond donors (Lipinski definition) is 2. The minimum Gasteiger partial charge on any atom is -0.496 e. The largest absolute Gasteiger partial charge is 0.496 e. The quantitative estimate of drug-likeness (QED) is 0.614. The summed E-state index contributed by atoms with van der Waals surface area (Å²) in [6, 6.07) is 12.2. The fourth-order valence-electron chi connectivity index (χ4n) is 3.36. The lowest BCUT2D eigenvalue weighted by Crippen LogP contribution is -2.36. The van der Waals surface area contributed by atoms with Gasteiger partial charge in [-0.05, 0) is 71.3 Å². The van der Waals surface area contributed by atoms with Crippen LogP contribution >= 0.6 is 28.1 Å². The van der Waals surface area contributed by atoms with Crippen LogP contribution < -0.4 is 15.4 Å². The van der Waals surface area contributed by atoms with Crippen molar-refractivity contribution in [3.8, 4) is 5.75 Å². The van der Waals surface area contributed by atoms with Gasteiger partial charge in [0.25, 0.3) is 11.8 Å². The number of amides is 2. The summed E-state index contributed by atoms with van der Waals surface area (Å²) < 4.78 is 5.85. The summed E-state index contributed by atoms with van der Waals surface area (Å²) >= 11 is 8.68. The van der Waals surface area contributed by atoms with Crippen molar-refractivity contribution in [3.05, 3.63) is 58.1 Å². The molecule has 8 heteroatoms. The van der Waals surface area contributed by atoms with Crippen LogP contribution in [0.15, 0.2) is 46.9 Å². The highest BCUT2D eigenvalue weighted by Gasteiger charge is 2.20. The topological polar surface area (TPSA) is 70.7 Å². The number of ether oxygens (including phenoxy) is 1. The maximum absolute atomic E-state index is 13.0. The molecule has 0 saturated carbocycles. The van der Waals surface area contributed by atoms with Gasteiger partial charge in [-0.2, -0.15) is 0 Å². The Hall–Kier alpha value is -2.45. The minimum atomic E-state index is -0.354. The van der Waals surface area contributed by atoms with Gasteiger partial charge in [0.15, 0.2) is 5.11 Å². The number of nitrogens with one attached hydrogen (secondary N) is 2. The Kier molecular flexibility index (Phi) is 7.81. The highest BCUT2D eigenvalue weighted by atomic mass is 79.9. The van der Waals surface area contributed by atoms with Crippen LogP contribution in [-0.2, 0) is 0 Å². The van der Waals surface area contributed by atoms with Gasteiger partial charge in [0.2, 0.25) is 0 Å². The number of anilines is 1. The summed E-state index contributed by atoms with van der Waals surface area (Å²) in [6.45, 7) is 1.53. The molecule has 158 valence electrons. The molecule has 3 rings (SSSR count). The van der Waals surface area contributed by atoms with Crippen LogP contribution in [0.25, 0.3) is 0 Å². The third-order valence-electron chi connectivity index (χ3n) is 4.94. The summed E-state index contributed by atoms with van der Waals surface area (Å²) in [5, 5.41) is 5.79. The number of nitrogens with zero attached hydrogens (tertiary/aromatic N) is 1. The number of rotatable bonds is 4. The lowest BCUT2D eigenvalue weighted by Gasteiger charge is -2.22. The second-order valence-electron chi connectivity index (χ2n) is 7.01. The fourth-order valence-corrected chi connectivity index (χ4v) is 4.10. The van der Waals surface area contributed by atoms with Crippen molar-refractivity contribution in [1.29, 1.82) is 0 Å². The van der Waals surface area contributed by atoms with E-state index < -0.39 is 0 Å². The van der Waals surface area contributed by atoms with E-state index in [4.69, 9.17) is 17.0 Å². The lowest BCUT2D eigenvalue weighted by molar-refractivity contribution is 0.0762. The zero-order chi connectivity index (χ0) is 21.5. The van der Waals surface area contributed by atoms with E-state index in [1.807, 2.05) is 17.0 Å². The SMILES string of the molecule is COc1ccc(C(=O)NC(=S)Nc2ccccc2C(=O)N2CCCCCC2)cc1Br. The van der Waals surface area contributed by atoms with Crippen molar-refractivity contribution in [2.45, 2.75) is 25.7 Å². The molecule has 0 atom stereocenters. The first-order valence-corrected chi connectivity index (χ1v) is 11.0. The summed E-state index contributed by atoms with van der Waals surface area (Å²) in [6.07, 6.45) is 4.35. The second-order valence-corrected chi connectivity index (χ2v) is 8.27. The van der Waals surface area contributed by atoms with Gasteiger partial charge < -0.3 is 15.0 Å². The van der Waals surface area contributed by atoms with Crippen LogP contribution in [0.2, 0.25) is 0 Å². The number of para-hydroxylation sites is 1. The number of methoxy groups -OCH3 is 1. The van der Waals surface area contributed by atoms with Gasteiger partial charge in [-0.15, -0.1) is 0 Å². The van der Waals surface area contributed by atoms with E-state index in [1.165, 1.54) is 0 Å². The zero-order valence-electron chi connectivity index (χ0n) is 16.7. The predicted molar refractivity (Wildman–Crippen MR) is 125 cm³/mol. The standard InChI is InChI=1S/C22H24BrN3O3S/c1-29-19-11-10-15(14-17(19)23)20(27)25-22(30)24-18-9-5-4-8-16(18)21(28)26-12-6-2-3-7-13-26/h4-5,8-11,14H,2-3,6-7,12-13H2,1H3,(H2,24,25,27,30). The van der Waals surface area contributed by atoms with E-state index in [0.29, 0.717) is 27.0 Å². The first kappa shape index (κ1) is 22.2. The Labute approximate surface area is 190 Å². The first-order valence-electron chi connectivity index (χ1n) is 9.84. The number of carbonyl (C=O) groups excluding carboxylic acids is 2. The van der Waals surface area contributed by atoms with Gasteiger partial charge in [-0.1, -0.05) is 25.0 Å². The third-order valence-corrected chi connectivity index (χ3v) is 5.76. The zero-order valence-corrected chi connectivity index (χ0v) is 19.1. The first-order chi connectivity index (χ1) is 14.5. The molecule has 2 N–H and O–H groups in total. The van der Waals surface area contributed by atoms with Crippen LogP contribution in [0.5, 0.6) is 5.75 Å². The van der Waals surface area contributed by atoms with Gasteiger partial charge in [0.05, 0.1) is 22.8 Å². The number of thiocarbonyl (C=S) groups is 1. The van der Waals surface area contributed by atoms with E-state index in [2.05, 4.69) is 26.6 Å². The molecular weight excluding hydrogens is 466 g/mol. The monoisotopic (exact) mass is 489 g/mol. The van der Waals surface area contributed by atoms with Crippen LogP contribution in [0.3, 0.4) is 0 Å². The average Bonchev–Trinajstić information content (AvgIpc) is 3.03. The van der Waals surface area contributed by atoms with Crippen molar-refractivity contribution in [1.82, 2.24) is 10.2 Å². The summed E-state index contributed by atoms with van der Waals surface area (Å²) in [5.41, 5.74) is 1.55. The molecule has 2 aromatic carbocycles. The van der Waals surface area contributed by atoms with Gasteiger partial charge in [-0.3, -0.25) is 14.9 Å². The highest BCUT2D eigenvalue weighted by Crippen LogP contribution is 2.25. The van der Waals surface area contributed by atoms with E-state index in [0.717, 1.165) is 38.8 Å². The van der Waals surface area contributed by atoms with Crippen molar-refractivity contribution < 1.29 is 14.3 Å². The molecule has 0 spiro atoms. The maximum atomic E-state index is 13.0. The predicted octanol–water partition coefficient (Wildman–Crippen LogP) is 4.60. The van der Waals surface area contributed by atoms with Crippen molar-refractivity contribution in [3.63, 3.8) is 0 Å². The normalized spacial score (nSPS) is 13.9. The van der Waals surface area contributed by atoms with Crippen molar-refractivity contribution in [2.75, 3.05) is 25.5 Å². The summed E-state index contributed by atoms with van der Waals surface area (Å²) in [7, 11) is 1.56. The maximum Gasteiger partial charge on any atom is 0.257 e. The second kappa shape index (κ2) is 10.5. The van der Waals surface area contributed by atoms with E-state index in [1.54, 1.807) is 37.4 Å². The number of hydrogen-bond acceptors (Lipinski definition) is 4. The van der Waals surface area contributed by atoms with E-state index in [-0.39, 0.29) is 16.9 Å². The van der Waals surface area contributed by atoms with Crippen LogP contribution in [-0.4, -0.2) is 42.0 Å². The molecule has 1 aliphatic rings. The molecule has 0 bridgehead atoms. The molecular formula is C22H24BrN3O3S. The van der Waals surface area contributed by atoms with E-state index >= 15 is 0 Å².